The van der Waals surface area contributed by atoms with Crippen LogP contribution in [0.3, 0.4) is 0 Å². The van der Waals surface area contributed by atoms with Crippen LogP contribution >= 0.6 is 11.3 Å². The van der Waals surface area contributed by atoms with Crippen LogP contribution in [0.2, 0.25) is 0 Å². The molecule has 1 saturated heterocycles. The number of anilines is 4. The number of aromatic nitrogens is 1. The van der Waals surface area contributed by atoms with E-state index in [4.69, 9.17) is 10.5 Å². The molecule has 0 atom stereocenters. The lowest BCUT2D eigenvalue weighted by atomic mass is 10.0. The van der Waals surface area contributed by atoms with E-state index in [1.807, 2.05) is 12.1 Å². The molecule has 1 aromatic heterocycles. The van der Waals surface area contributed by atoms with Crippen molar-refractivity contribution in [3.05, 3.63) is 63.0 Å². The van der Waals surface area contributed by atoms with Crippen LogP contribution in [0.1, 0.15) is 28.1 Å². The number of piperidine rings is 1. The Bertz CT molecular complexity index is 1220. The Balaban J connectivity index is 1.45. The molecule has 10 nitrogen and oxygen atoms in total. The summed E-state index contributed by atoms with van der Waals surface area (Å²) in [6.07, 6.45) is 2.28. The van der Waals surface area contributed by atoms with E-state index in [-0.39, 0.29) is 27.7 Å². The van der Waals surface area contributed by atoms with Crippen molar-refractivity contribution in [1.82, 2.24) is 9.88 Å². The second-order valence-electron chi connectivity index (χ2n) is 8.56. The number of nitro groups is 1. The Labute approximate surface area is 207 Å². The monoisotopic (exact) mass is 496 g/mol. The van der Waals surface area contributed by atoms with Gasteiger partial charge in [-0.15, -0.1) is 0 Å². The molecule has 2 aromatic carbocycles. The average molecular weight is 497 g/mol. The van der Waals surface area contributed by atoms with E-state index >= 15 is 0 Å². The van der Waals surface area contributed by atoms with Gasteiger partial charge in [0, 0.05) is 42.1 Å². The van der Waals surface area contributed by atoms with Gasteiger partial charge < -0.3 is 25.6 Å². The molecule has 35 heavy (non-hydrogen) atoms. The van der Waals surface area contributed by atoms with Crippen molar-refractivity contribution in [2.24, 2.45) is 0 Å². The van der Waals surface area contributed by atoms with Crippen molar-refractivity contribution in [2.75, 3.05) is 50.2 Å². The zero-order valence-corrected chi connectivity index (χ0v) is 20.7. The average Bonchev–Trinajstić information content (AvgIpc) is 3.23. The van der Waals surface area contributed by atoms with Crippen LogP contribution in [-0.4, -0.2) is 60.9 Å². The van der Waals surface area contributed by atoms with Gasteiger partial charge in [-0.2, -0.15) is 0 Å². The Morgan fingerprint density at radius 3 is 2.51 bits per heavy atom. The zero-order valence-electron chi connectivity index (χ0n) is 19.9. The maximum absolute atomic E-state index is 13.0. The van der Waals surface area contributed by atoms with E-state index in [0.717, 1.165) is 43.0 Å². The van der Waals surface area contributed by atoms with Gasteiger partial charge >= 0.3 is 5.69 Å². The molecule has 3 aromatic rings. The van der Waals surface area contributed by atoms with Crippen LogP contribution in [0, 0.1) is 10.1 Å². The van der Waals surface area contributed by atoms with Crippen LogP contribution < -0.4 is 20.7 Å². The van der Waals surface area contributed by atoms with Crippen molar-refractivity contribution >= 4 is 45.1 Å². The summed E-state index contributed by atoms with van der Waals surface area (Å²) in [6, 6.07) is 12.8. The number of hydrogen-bond acceptors (Lipinski definition) is 10. The Hall–Kier alpha value is -3.70. The number of nitrogens with two attached hydrogens (primary N) is 1. The molecule has 4 rings (SSSR count). The number of benzene rings is 2. The molecular weight excluding hydrogens is 468 g/mol. The molecular formula is C24H28N6O4S. The Morgan fingerprint density at radius 2 is 1.91 bits per heavy atom. The number of carbonyl (C=O) groups excluding carboxylic acids is 1. The lowest BCUT2D eigenvalue weighted by Gasteiger charge is -2.36. The SMILES string of the molecule is COc1ccc(C(=O)c2sc(Nc3ccc(N4CCC(N(C)C)CC4)cc3)nc2N)cc1[N+](=O)[O-]. The lowest BCUT2D eigenvalue weighted by molar-refractivity contribution is -0.385. The summed E-state index contributed by atoms with van der Waals surface area (Å²) in [5.74, 6) is -0.284. The fraction of sp³-hybridized carbons (Fsp3) is 0.333. The minimum atomic E-state index is -0.591. The highest BCUT2D eigenvalue weighted by Gasteiger charge is 2.23. The number of ether oxygens (including phenoxy) is 1. The van der Waals surface area contributed by atoms with Crippen LogP contribution in [0.25, 0.3) is 0 Å². The first-order valence-electron chi connectivity index (χ1n) is 11.2. The largest absolute Gasteiger partial charge is 0.490 e. The Morgan fingerprint density at radius 1 is 1.23 bits per heavy atom. The van der Waals surface area contributed by atoms with Gasteiger partial charge in [-0.25, -0.2) is 4.98 Å². The number of rotatable bonds is 8. The van der Waals surface area contributed by atoms with Crippen molar-refractivity contribution in [3.8, 4) is 5.75 Å². The number of thiazole rings is 1. The number of nitro benzene ring substituents is 1. The fourth-order valence-corrected chi connectivity index (χ4v) is 5.04. The molecule has 0 unspecified atom stereocenters. The summed E-state index contributed by atoms with van der Waals surface area (Å²) in [4.78, 5) is 32.9. The third kappa shape index (κ3) is 5.36. The molecule has 1 aliphatic heterocycles. The minimum absolute atomic E-state index is 0.0707. The number of hydrogen-bond donors (Lipinski definition) is 2. The Kier molecular flexibility index (Phi) is 7.17. The smallest absolute Gasteiger partial charge is 0.311 e. The summed E-state index contributed by atoms with van der Waals surface area (Å²) >= 11 is 1.10. The molecule has 11 heteroatoms. The molecule has 3 N–H and O–H groups in total. The maximum Gasteiger partial charge on any atom is 0.311 e. The fourth-order valence-electron chi connectivity index (χ4n) is 4.17. The quantitative estimate of drug-likeness (QED) is 0.269. The molecule has 0 aliphatic carbocycles. The third-order valence-electron chi connectivity index (χ3n) is 6.18. The van der Waals surface area contributed by atoms with Crippen molar-refractivity contribution in [2.45, 2.75) is 18.9 Å². The van der Waals surface area contributed by atoms with Gasteiger partial charge in [-0.05, 0) is 63.3 Å². The zero-order chi connectivity index (χ0) is 25.1. The summed E-state index contributed by atoms with van der Waals surface area (Å²) < 4.78 is 5.00. The van der Waals surface area contributed by atoms with E-state index in [9.17, 15) is 14.9 Å². The molecule has 1 fully saturated rings. The van der Waals surface area contributed by atoms with Crippen LogP contribution in [0.5, 0.6) is 5.75 Å². The van der Waals surface area contributed by atoms with Crippen LogP contribution in [-0.2, 0) is 0 Å². The molecule has 184 valence electrons. The molecule has 0 saturated carbocycles. The number of ketones is 1. The predicted molar refractivity (Wildman–Crippen MR) is 138 cm³/mol. The van der Waals surface area contributed by atoms with Crippen LogP contribution in [0.4, 0.5) is 28.0 Å². The highest BCUT2D eigenvalue weighted by atomic mass is 32.1. The molecule has 1 aliphatic rings. The van der Waals surface area contributed by atoms with Crippen molar-refractivity contribution < 1.29 is 14.5 Å². The van der Waals surface area contributed by atoms with Crippen molar-refractivity contribution in [1.29, 1.82) is 0 Å². The van der Waals surface area contributed by atoms with E-state index < -0.39 is 10.7 Å². The first-order chi connectivity index (χ1) is 16.8. The summed E-state index contributed by atoms with van der Waals surface area (Å²) in [6.45, 7) is 2.04. The second kappa shape index (κ2) is 10.3. The topological polar surface area (TPSA) is 127 Å². The summed E-state index contributed by atoms with van der Waals surface area (Å²) in [5, 5.41) is 15.0. The number of nitrogens with zero attached hydrogens (tertiary/aromatic N) is 4. The summed E-state index contributed by atoms with van der Waals surface area (Å²) in [7, 11) is 5.60. The molecule has 0 amide bonds. The number of methoxy groups -OCH3 is 1. The van der Waals surface area contributed by atoms with E-state index in [1.54, 1.807) is 0 Å². The van der Waals surface area contributed by atoms with Crippen molar-refractivity contribution in [3.63, 3.8) is 0 Å². The maximum atomic E-state index is 13.0. The van der Waals surface area contributed by atoms with E-state index in [2.05, 4.69) is 46.3 Å². The van der Waals surface area contributed by atoms with Gasteiger partial charge in [-0.3, -0.25) is 14.9 Å². The molecule has 0 bridgehead atoms. The highest BCUT2D eigenvalue weighted by molar-refractivity contribution is 7.18. The molecule has 0 radical (unpaired) electrons. The van der Waals surface area contributed by atoms with Gasteiger partial charge in [0.05, 0.1) is 12.0 Å². The minimum Gasteiger partial charge on any atom is -0.490 e. The second-order valence-corrected chi connectivity index (χ2v) is 9.56. The first-order valence-corrected chi connectivity index (χ1v) is 12.0. The number of carbonyl (C=O) groups is 1. The number of nitrogen functional groups attached to an aromatic ring is 1. The van der Waals surface area contributed by atoms with Gasteiger partial charge in [-0.1, -0.05) is 11.3 Å². The number of nitrogens with one attached hydrogen (secondary N) is 1. The van der Waals surface area contributed by atoms with Gasteiger partial charge in [0.25, 0.3) is 0 Å². The summed E-state index contributed by atoms with van der Waals surface area (Å²) in [5.41, 5.74) is 7.86. The van der Waals surface area contributed by atoms with Gasteiger partial charge in [0.2, 0.25) is 5.78 Å². The normalized spacial score (nSPS) is 14.2. The lowest BCUT2D eigenvalue weighted by Crippen LogP contribution is -2.41. The van der Waals surface area contributed by atoms with E-state index in [1.165, 1.54) is 31.0 Å². The van der Waals surface area contributed by atoms with Gasteiger partial charge in [0.1, 0.15) is 10.7 Å². The van der Waals surface area contributed by atoms with Gasteiger partial charge in [0.15, 0.2) is 10.9 Å². The predicted octanol–water partition coefficient (Wildman–Crippen LogP) is 4.15. The van der Waals surface area contributed by atoms with E-state index in [0.29, 0.717) is 11.2 Å². The standard InChI is InChI=1S/C24H28N6O4S/c1-28(2)17-10-12-29(13-11-17)18-7-5-16(6-8-18)26-24-27-23(25)22(35-24)21(31)15-4-9-20(34-3)19(14-15)30(32)33/h4-9,14,17H,10-13,25H2,1-3H3,(H,26,27). The highest BCUT2D eigenvalue weighted by Crippen LogP contribution is 2.33. The first kappa shape index (κ1) is 24.4. The molecule has 2 heterocycles. The molecule has 0 spiro atoms. The third-order valence-corrected chi connectivity index (χ3v) is 7.16. The van der Waals surface area contributed by atoms with Crippen LogP contribution in [0.15, 0.2) is 42.5 Å².